The zero-order chi connectivity index (χ0) is 29.5. The molecule has 0 heterocycles. The van der Waals surface area contributed by atoms with Gasteiger partial charge >= 0.3 is 5.97 Å². The minimum absolute atomic E-state index is 0.291. The molecule has 7 rings (SSSR count). The van der Waals surface area contributed by atoms with Crippen LogP contribution in [0.2, 0.25) is 0 Å². The summed E-state index contributed by atoms with van der Waals surface area (Å²) in [5.41, 5.74) is 10.3. The first-order valence-corrected chi connectivity index (χ1v) is 15.3. The number of carbonyl (C=O) groups is 1. The van der Waals surface area contributed by atoms with Crippen LogP contribution in [0.4, 0.5) is 0 Å². The maximum atomic E-state index is 13.0. The van der Waals surface area contributed by atoms with Crippen molar-refractivity contribution in [2.75, 3.05) is 6.61 Å². The number of benzene rings is 7. The fourth-order valence-electron chi connectivity index (χ4n) is 6.87. The van der Waals surface area contributed by atoms with E-state index in [1.54, 1.807) is 0 Å². The summed E-state index contributed by atoms with van der Waals surface area (Å²) in [6.45, 7) is 6.65. The SMILES string of the molecule is CCOC(=O)c1ccccc1-c1ccc2ccc3c(-c4ccccc4CC)cc(-c4ccccc4CC)c4ccc1c2c34. The highest BCUT2D eigenvalue weighted by Crippen LogP contribution is 2.47. The van der Waals surface area contributed by atoms with Crippen LogP contribution >= 0.6 is 0 Å². The van der Waals surface area contributed by atoms with Crippen molar-refractivity contribution >= 4 is 38.3 Å². The van der Waals surface area contributed by atoms with Crippen LogP contribution in [0.1, 0.15) is 42.3 Å². The molecule has 7 aromatic carbocycles. The van der Waals surface area contributed by atoms with Gasteiger partial charge in [0.1, 0.15) is 0 Å². The van der Waals surface area contributed by atoms with E-state index in [1.165, 1.54) is 60.3 Å². The molecule has 0 N–H and O–H groups in total. The number of carbonyl (C=O) groups excluding carboxylic acids is 1. The van der Waals surface area contributed by atoms with Gasteiger partial charge in [-0.3, -0.25) is 0 Å². The highest BCUT2D eigenvalue weighted by molar-refractivity contribution is 6.30. The molecule has 0 saturated heterocycles. The van der Waals surface area contributed by atoms with E-state index in [1.807, 2.05) is 31.2 Å². The molecule has 43 heavy (non-hydrogen) atoms. The summed E-state index contributed by atoms with van der Waals surface area (Å²) in [5.74, 6) is -0.291. The van der Waals surface area contributed by atoms with Crippen molar-refractivity contribution < 1.29 is 9.53 Å². The molecule has 210 valence electrons. The normalized spacial score (nSPS) is 11.5. The van der Waals surface area contributed by atoms with Crippen molar-refractivity contribution in [3.05, 3.63) is 132 Å². The van der Waals surface area contributed by atoms with Gasteiger partial charge in [-0.2, -0.15) is 0 Å². The van der Waals surface area contributed by atoms with Crippen LogP contribution in [0, 0.1) is 0 Å². The molecule has 0 amide bonds. The first kappa shape index (κ1) is 26.9. The minimum atomic E-state index is -0.291. The van der Waals surface area contributed by atoms with Crippen LogP contribution < -0.4 is 0 Å². The fourth-order valence-corrected chi connectivity index (χ4v) is 6.87. The van der Waals surface area contributed by atoms with E-state index in [9.17, 15) is 4.79 Å². The Morgan fingerprint density at radius 3 is 1.63 bits per heavy atom. The summed E-state index contributed by atoms with van der Waals surface area (Å²) in [5, 5.41) is 7.35. The van der Waals surface area contributed by atoms with Crippen LogP contribution in [-0.4, -0.2) is 12.6 Å². The lowest BCUT2D eigenvalue weighted by molar-refractivity contribution is 0.0527. The molecule has 2 nitrogen and oxygen atoms in total. The molecule has 7 aromatic rings. The van der Waals surface area contributed by atoms with Crippen molar-refractivity contribution in [3.63, 3.8) is 0 Å². The summed E-state index contributed by atoms with van der Waals surface area (Å²) in [4.78, 5) is 13.0. The highest BCUT2D eigenvalue weighted by atomic mass is 16.5. The average Bonchev–Trinajstić information content (AvgIpc) is 3.07. The molecule has 0 radical (unpaired) electrons. The van der Waals surface area contributed by atoms with E-state index in [2.05, 4.69) is 105 Å². The van der Waals surface area contributed by atoms with Crippen LogP contribution in [-0.2, 0) is 17.6 Å². The largest absolute Gasteiger partial charge is 0.462 e. The lowest BCUT2D eigenvalue weighted by Gasteiger charge is -2.21. The highest BCUT2D eigenvalue weighted by Gasteiger charge is 2.21. The molecule has 0 aliphatic rings. The Kier molecular flexibility index (Phi) is 6.91. The summed E-state index contributed by atoms with van der Waals surface area (Å²) >= 11 is 0. The summed E-state index contributed by atoms with van der Waals surface area (Å²) in [6.07, 6.45) is 1.93. The van der Waals surface area contributed by atoms with Crippen LogP contribution in [0.15, 0.2) is 115 Å². The van der Waals surface area contributed by atoms with Crippen LogP contribution in [0.25, 0.3) is 65.7 Å². The maximum Gasteiger partial charge on any atom is 0.338 e. The van der Waals surface area contributed by atoms with Crippen molar-refractivity contribution in [1.29, 1.82) is 0 Å². The predicted octanol–water partition coefficient (Wildman–Crippen LogP) is 10.9. The molecule has 0 aliphatic heterocycles. The smallest absolute Gasteiger partial charge is 0.338 e. The number of aryl methyl sites for hydroxylation is 2. The number of hydrogen-bond acceptors (Lipinski definition) is 2. The Bertz CT molecular complexity index is 2070. The van der Waals surface area contributed by atoms with Gasteiger partial charge in [-0.1, -0.05) is 117 Å². The number of rotatable bonds is 7. The van der Waals surface area contributed by atoms with Gasteiger partial charge in [-0.15, -0.1) is 0 Å². The van der Waals surface area contributed by atoms with Gasteiger partial charge in [0.05, 0.1) is 12.2 Å². The summed E-state index contributed by atoms with van der Waals surface area (Å²) < 4.78 is 5.45. The first-order valence-electron chi connectivity index (χ1n) is 15.3. The molecule has 0 saturated carbocycles. The Morgan fingerprint density at radius 1 is 0.512 bits per heavy atom. The molecule has 0 unspecified atom stereocenters. The number of ether oxygens (including phenoxy) is 1. The lowest BCUT2D eigenvalue weighted by atomic mass is 9.82. The monoisotopic (exact) mass is 558 g/mol. The van der Waals surface area contributed by atoms with E-state index in [0.717, 1.165) is 29.4 Å². The molecule has 2 heteroatoms. The van der Waals surface area contributed by atoms with E-state index in [-0.39, 0.29) is 5.97 Å². The molecule has 0 spiro atoms. The van der Waals surface area contributed by atoms with Gasteiger partial charge in [0.25, 0.3) is 0 Å². The Labute approximate surface area is 252 Å². The van der Waals surface area contributed by atoms with Crippen molar-refractivity contribution in [1.82, 2.24) is 0 Å². The third-order valence-corrected chi connectivity index (χ3v) is 8.87. The summed E-state index contributed by atoms with van der Waals surface area (Å²) in [7, 11) is 0. The van der Waals surface area contributed by atoms with E-state index in [4.69, 9.17) is 4.74 Å². The van der Waals surface area contributed by atoms with E-state index < -0.39 is 0 Å². The van der Waals surface area contributed by atoms with Gasteiger partial charge in [-0.05, 0) is 109 Å². The second-order valence-corrected chi connectivity index (χ2v) is 11.1. The third kappa shape index (κ3) is 4.37. The quantitative estimate of drug-likeness (QED) is 0.144. The molecule has 0 bridgehead atoms. The topological polar surface area (TPSA) is 26.3 Å². The molecular formula is C41H34O2. The Balaban J connectivity index is 1.63. The van der Waals surface area contributed by atoms with Crippen molar-refractivity contribution in [2.45, 2.75) is 33.6 Å². The Hall–Kier alpha value is -4.95. The van der Waals surface area contributed by atoms with Gasteiger partial charge in [0.15, 0.2) is 0 Å². The molecule has 0 aliphatic carbocycles. The number of esters is 1. The zero-order valence-electron chi connectivity index (χ0n) is 24.9. The molecule has 0 atom stereocenters. The molecular weight excluding hydrogens is 524 g/mol. The van der Waals surface area contributed by atoms with Crippen molar-refractivity contribution in [3.8, 4) is 33.4 Å². The third-order valence-electron chi connectivity index (χ3n) is 8.87. The van der Waals surface area contributed by atoms with Gasteiger partial charge in [0, 0.05) is 0 Å². The summed E-state index contributed by atoms with van der Waals surface area (Å²) in [6, 6.07) is 41.3. The Morgan fingerprint density at radius 2 is 1.02 bits per heavy atom. The molecule has 0 fully saturated rings. The van der Waals surface area contributed by atoms with Crippen LogP contribution in [0.3, 0.4) is 0 Å². The lowest BCUT2D eigenvalue weighted by Crippen LogP contribution is -2.06. The standard InChI is InChI=1S/C41H34O2/c1-4-26-13-7-9-15-29(26)37-25-38(30-16-10-8-14-27(30)5-2)35-24-23-33-32(21-19-28-20-22-34(37)40(35)39(28)33)31-17-11-12-18-36(31)41(42)43-6-3/h7-25H,4-6H2,1-3H3. The number of hydrogen-bond donors (Lipinski definition) is 0. The minimum Gasteiger partial charge on any atom is -0.462 e. The molecule has 0 aromatic heterocycles. The maximum absolute atomic E-state index is 13.0. The second kappa shape index (κ2) is 11.0. The van der Waals surface area contributed by atoms with Crippen molar-refractivity contribution in [2.24, 2.45) is 0 Å². The average molecular weight is 559 g/mol. The van der Waals surface area contributed by atoms with E-state index >= 15 is 0 Å². The second-order valence-electron chi connectivity index (χ2n) is 11.1. The van der Waals surface area contributed by atoms with E-state index in [0.29, 0.717) is 12.2 Å². The first-order chi connectivity index (χ1) is 21.1. The predicted molar refractivity (Wildman–Crippen MR) is 181 cm³/mol. The van der Waals surface area contributed by atoms with Gasteiger partial charge < -0.3 is 4.74 Å². The van der Waals surface area contributed by atoms with Gasteiger partial charge in [0.2, 0.25) is 0 Å². The zero-order valence-corrected chi connectivity index (χ0v) is 24.9. The fraction of sp³-hybridized carbons (Fsp3) is 0.146. The van der Waals surface area contributed by atoms with Gasteiger partial charge in [-0.25, -0.2) is 4.79 Å². The van der Waals surface area contributed by atoms with Crippen LogP contribution in [0.5, 0.6) is 0 Å².